The number of hydrogen-bond acceptors (Lipinski definition) is 3. The van der Waals surface area contributed by atoms with Gasteiger partial charge in [0.25, 0.3) is 0 Å². The largest absolute Gasteiger partial charge is 0.354 e. The second-order valence-electron chi connectivity index (χ2n) is 7.92. The van der Waals surface area contributed by atoms with Gasteiger partial charge in [0.2, 0.25) is 5.91 Å². The van der Waals surface area contributed by atoms with Crippen molar-refractivity contribution < 1.29 is 9.18 Å². The van der Waals surface area contributed by atoms with Gasteiger partial charge in [-0.05, 0) is 63.2 Å². The normalized spacial score (nSPS) is 18.0. The van der Waals surface area contributed by atoms with Gasteiger partial charge < -0.3 is 5.32 Å². The molecular formula is C22H29FN4O. The average Bonchev–Trinajstić information content (AvgIpc) is 3.38. The van der Waals surface area contributed by atoms with Crippen molar-refractivity contribution in [3.63, 3.8) is 0 Å². The molecule has 1 aliphatic carbocycles. The van der Waals surface area contributed by atoms with E-state index in [4.69, 9.17) is 0 Å². The van der Waals surface area contributed by atoms with Gasteiger partial charge in [-0.3, -0.25) is 14.8 Å². The summed E-state index contributed by atoms with van der Waals surface area (Å²) in [5, 5.41) is 10.6. The van der Waals surface area contributed by atoms with Gasteiger partial charge in [0.05, 0.1) is 11.7 Å². The lowest BCUT2D eigenvalue weighted by Gasteiger charge is -2.28. The van der Waals surface area contributed by atoms with Crippen LogP contribution in [0.3, 0.4) is 0 Å². The first-order chi connectivity index (χ1) is 13.7. The third kappa shape index (κ3) is 4.27. The maximum atomic E-state index is 14.4. The van der Waals surface area contributed by atoms with Gasteiger partial charge in [-0.15, -0.1) is 0 Å². The van der Waals surface area contributed by atoms with Crippen LogP contribution in [-0.2, 0) is 24.1 Å². The van der Waals surface area contributed by atoms with Crippen molar-refractivity contribution in [3.05, 3.63) is 52.6 Å². The van der Waals surface area contributed by atoms with Crippen molar-refractivity contribution in [1.29, 1.82) is 0 Å². The summed E-state index contributed by atoms with van der Waals surface area (Å²) in [5.74, 6) is -0.190. The van der Waals surface area contributed by atoms with Crippen LogP contribution in [0, 0.1) is 5.82 Å². The summed E-state index contributed by atoms with van der Waals surface area (Å²) in [6, 6.07) is 6.81. The molecule has 2 aliphatic rings. The summed E-state index contributed by atoms with van der Waals surface area (Å²) in [6.07, 6.45) is 7.87. The first kappa shape index (κ1) is 19.1. The van der Waals surface area contributed by atoms with Crippen molar-refractivity contribution >= 4 is 5.91 Å². The molecule has 0 bridgehead atoms. The van der Waals surface area contributed by atoms with Crippen molar-refractivity contribution in [1.82, 2.24) is 20.4 Å². The summed E-state index contributed by atoms with van der Waals surface area (Å²) in [6.45, 7) is 2.35. The summed E-state index contributed by atoms with van der Waals surface area (Å²) < 4.78 is 14.4. The van der Waals surface area contributed by atoms with E-state index in [1.165, 1.54) is 30.2 Å². The number of nitrogens with one attached hydrogen (secondary N) is 2. The quantitative estimate of drug-likeness (QED) is 0.770. The van der Waals surface area contributed by atoms with Gasteiger partial charge >= 0.3 is 0 Å². The van der Waals surface area contributed by atoms with Crippen LogP contribution in [-0.4, -0.2) is 40.6 Å². The summed E-state index contributed by atoms with van der Waals surface area (Å²) in [5.41, 5.74) is 4.27. The van der Waals surface area contributed by atoms with E-state index in [9.17, 15) is 9.18 Å². The third-order valence-corrected chi connectivity index (χ3v) is 6.07. The number of amides is 1. The number of H-pyrrole nitrogens is 1. The molecule has 1 atom stereocenters. The van der Waals surface area contributed by atoms with Gasteiger partial charge in [0, 0.05) is 30.6 Å². The Labute approximate surface area is 165 Å². The molecule has 1 aromatic heterocycles. The van der Waals surface area contributed by atoms with E-state index < -0.39 is 0 Å². The standard InChI is InChI=1S/C22H29FN4O/c23-18-9-3-1-7-16(18)21(27-13-5-6-14-27)15-24-22(28)12-11-20-17-8-2-4-10-19(17)25-26-20/h1,3,7,9,21H,2,4-6,8,10-15H2,(H,24,28)(H,25,26)/t21-/m0/s1. The highest BCUT2D eigenvalue weighted by Gasteiger charge is 2.26. The average molecular weight is 384 g/mol. The highest BCUT2D eigenvalue weighted by Crippen LogP contribution is 2.27. The van der Waals surface area contributed by atoms with Crippen molar-refractivity contribution in [2.24, 2.45) is 0 Å². The lowest BCUT2D eigenvalue weighted by atomic mass is 9.94. The Kier molecular flexibility index (Phi) is 6.05. The number of rotatable bonds is 7. The smallest absolute Gasteiger partial charge is 0.220 e. The molecular weight excluding hydrogens is 355 g/mol. The minimum absolute atomic E-state index is 0.00750. The van der Waals surface area contributed by atoms with Crippen LogP contribution < -0.4 is 5.32 Å². The predicted octanol–water partition coefficient (Wildman–Crippen LogP) is 3.31. The van der Waals surface area contributed by atoms with Gasteiger partial charge in [-0.1, -0.05) is 18.2 Å². The Morgan fingerprint density at radius 1 is 1.18 bits per heavy atom. The summed E-state index contributed by atoms with van der Waals surface area (Å²) >= 11 is 0. The van der Waals surface area contributed by atoms with Crippen molar-refractivity contribution in [3.8, 4) is 0 Å². The van der Waals surface area contributed by atoms with Crippen LogP contribution in [0.1, 0.15) is 60.7 Å². The molecule has 1 saturated heterocycles. The maximum Gasteiger partial charge on any atom is 0.220 e. The molecule has 1 aromatic carbocycles. The molecule has 2 heterocycles. The Balaban J connectivity index is 1.35. The van der Waals surface area contributed by atoms with Crippen molar-refractivity contribution in [2.75, 3.05) is 19.6 Å². The van der Waals surface area contributed by atoms with Crippen molar-refractivity contribution in [2.45, 2.75) is 57.4 Å². The molecule has 1 fully saturated rings. The third-order valence-electron chi connectivity index (χ3n) is 6.07. The number of likely N-dealkylation sites (tertiary alicyclic amines) is 1. The minimum atomic E-state index is -0.197. The molecule has 6 heteroatoms. The molecule has 0 spiro atoms. The summed E-state index contributed by atoms with van der Waals surface area (Å²) in [7, 11) is 0. The predicted molar refractivity (Wildman–Crippen MR) is 107 cm³/mol. The number of carbonyl (C=O) groups is 1. The number of aryl methyl sites for hydroxylation is 2. The van der Waals surface area contributed by atoms with E-state index in [0.29, 0.717) is 24.9 Å². The maximum absolute atomic E-state index is 14.4. The van der Waals surface area contributed by atoms with Gasteiger partial charge in [-0.2, -0.15) is 5.10 Å². The monoisotopic (exact) mass is 384 g/mol. The van der Waals surface area contributed by atoms with Crippen LogP contribution in [0.15, 0.2) is 24.3 Å². The number of fused-ring (bicyclic) bond motifs is 1. The zero-order valence-corrected chi connectivity index (χ0v) is 16.3. The zero-order valence-electron chi connectivity index (χ0n) is 16.3. The highest BCUT2D eigenvalue weighted by atomic mass is 19.1. The van der Waals surface area contributed by atoms with E-state index in [1.54, 1.807) is 6.07 Å². The number of nitrogens with zero attached hydrogens (tertiary/aromatic N) is 2. The molecule has 4 rings (SSSR count). The molecule has 28 heavy (non-hydrogen) atoms. The lowest BCUT2D eigenvalue weighted by Crippen LogP contribution is -2.37. The molecule has 5 nitrogen and oxygen atoms in total. The fourth-order valence-corrected chi connectivity index (χ4v) is 4.52. The number of aromatic amines is 1. The highest BCUT2D eigenvalue weighted by molar-refractivity contribution is 5.76. The van der Waals surface area contributed by atoms with Gasteiger partial charge in [0.15, 0.2) is 0 Å². The Hall–Kier alpha value is -2.21. The summed E-state index contributed by atoms with van der Waals surface area (Å²) in [4.78, 5) is 14.8. The van der Waals surface area contributed by atoms with E-state index in [0.717, 1.165) is 44.5 Å². The molecule has 0 unspecified atom stereocenters. The fraction of sp³-hybridized carbons (Fsp3) is 0.545. The Bertz CT molecular complexity index is 813. The number of aromatic nitrogens is 2. The van der Waals surface area contributed by atoms with E-state index in [1.807, 2.05) is 12.1 Å². The van der Waals surface area contributed by atoms with Gasteiger partial charge in [0.1, 0.15) is 5.82 Å². The topological polar surface area (TPSA) is 61.0 Å². The second-order valence-corrected chi connectivity index (χ2v) is 7.92. The molecule has 0 saturated carbocycles. The molecule has 150 valence electrons. The molecule has 1 aliphatic heterocycles. The number of benzene rings is 1. The van der Waals surface area contributed by atoms with E-state index in [2.05, 4.69) is 20.4 Å². The Morgan fingerprint density at radius 2 is 1.96 bits per heavy atom. The zero-order chi connectivity index (χ0) is 19.3. The van der Waals surface area contributed by atoms with Crippen LogP contribution >= 0.6 is 0 Å². The van der Waals surface area contributed by atoms with Crippen LogP contribution in [0.25, 0.3) is 0 Å². The molecule has 0 radical (unpaired) electrons. The molecule has 2 N–H and O–H groups in total. The van der Waals surface area contributed by atoms with Crippen LogP contribution in [0.2, 0.25) is 0 Å². The molecule has 1 amide bonds. The Morgan fingerprint density at radius 3 is 2.79 bits per heavy atom. The van der Waals surface area contributed by atoms with Crippen LogP contribution in [0.4, 0.5) is 4.39 Å². The van der Waals surface area contributed by atoms with Crippen LogP contribution in [0.5, 0.6) is 0 Å². The molecule has 2 aromatic rings. The van der Waals surface area contributed by atoms with E-state index >= 15 is 0 Å². The number of carbonyl (C=O) groups excluding carboxylic acids is 1. The number of hydrogen-bond donors (Lipinski definition) is 2. The number of halogens is 1. The fourth-order valence-electron chi connectivity index (χ4n) is 4.52. The van der Waals surface area contributed by atoms with Gasteiger partial charge in [-0.25, -0.2) is 4.39 Å². The minimum Gasteiger partial charge on any atom is -0.354 e. The first-order valence-corrected chi connectivity index (χ1v) is 10.5. The second kappa shape index (κ2) is 8.86. The SMILES string of the molecule is O=C(CCc1n[nH]c2c1CCCC2)NC[C@@H](c1ccccc1F)N1CCCC1. The van der Waals surface area contributed by atoms with E-state index in [-0.39, 0.29) is 17.8 Å². The first-order valence-electron chi connectivity index (χ1n) is 10.5. The lowest BCUT2D eigenvalue weighted by molar-refractivity contribution is -0.121.